The molecule has 1 fully saturated rings. The van der Waals surface area contributed by atoms with Crippen molar-refractivity contribution in [3.05, 3.63) is 6.33 Å². The summed E-state index contributed by atoms with van der Waals surface area (Å²) in [6, 6.07) is -0.248. The van der Waals surface area contributed by atoms with Gasteiger partial charge in [0.15, 0.2) is 15.0 Å². The molecule has 1 aliphatic heterocycles. The van der Waals surface area contributed by atoms with Crippen molar-refractivity contribution < 1.29 is 13.2 Å². The number of carbonyl (C=O) groups excluding carboxylic acids is 1. The van der Waals surface area contributed by atoms with E-state index in [1.165, 1.54) is 11.8 Å². The number of nitrogens with one attached hydrogen (secondary N) is 1. The number of thioether (sulfide) groups is 1. The molecule has 18 heavy (non-hydrogen) atoms. The van der Waals surface area contributed by atoms with Crippen LogP contribution in [0.4, 0.5) is 0 Å². The molecule has 2 heterocycles. The molecule has 0 aliphatic carbocycles. The Morgan fingerprint density at radius 2 is 2.44 bits per heavy atom. The molecule has 0 spiro atoms. The summed E-state index contributed by atoms with van der Waals surface area (Å²) in [4.78, 5) is 11.6. The number of hydrogen-bond acceptors (Lipinski definition) is 6. The predicted octanol–water partition coefficient (Wildman–Crippen LogP) is -0.789. The van der Waals surface area contributed by atoms with E-state index in [9.17, 15) is 13.2 Å². The SMILES string of the molecule is Cn1cnnc1SCC(=O)N[C@@H]1CCS(=O)(=O)C1. The number of aromatic nitrogens is 3. The number of aryl methyl sites for hydroxylation is 1. The molecule has 0 radical (unpaired) electrons. The second-order valence-corrected chi connectivity index (χ2v) is 7.35. The Balaban J connectivity index is 1.78. The predicted molar refractivity (Wildman–Crippen MR) is 66.9 cm³/mol. The van der Waals surface area contributed by atoms with Gasteiger partial charge in [0.1, 0.15) is 6.33 Å². The van der Waals surface area contributed by atoms with Crippen LogP contribution in [0.2, 0.25) is 0 Å². The quantitative estimate of drug-likeness (QED) is 0.730. The zero-order chi connectivity index (χ0) is 13.2. The Bertz CT molecular complexity index is 540. The Morgan fingerprint density at radius 1 is 1.67 bits per heavy atom. The molecule has 7 nitrogen and oxygen atoms in total. The van der Waals surface area contributed by atoms with Crippen LogP contribution >= 0.6 is 11.8 Å². The molecule has 0 bridgehead atoms. The van der Waals surface area contributed by atoms with Crippen molar-refractivity contribution in [1.82, 2.24) is 20.1 Å². The molecule has 2 rings (SSSR count). The lowest BCUT2D eigenvalue weighted by atomic mass is 10.3. The van der Waals surface area contributed by atoms with Crippen LogP contribution in [0.3, 0.4) is 0 Å². The van der Waals surface area contributed by atoms with E-state index < -0.39 is 9.84 Å². The highest BCUT2D eigenvalue weighted by molar-refractivity contribution is 7.99. The van der Waals surface area contributed by atoms with E-state index >= 15 is 0 Å². The first kappa shape index (κ1) is 13.3. The summed E-state index contributed by atoms with van der Waals surface area (Å²) in [5.74, 6) is 0.246. The van der Waals surface area contributed by atoms with Crippen molar-refractivity contribution in [2.75, 3.05) is 17.3 Å². The summed E-state index contributed by atoms with van der Waals surface area (Å²) < 4.78 is 24.2. The average Bonchev–Trinajstić information content (AvgIpc) is 2.82. The van der Waals surface area contributed by atoms with Gasteiger partial charge in [-0.15, -0.1) is 10.2 Å². The number of carbonyl (C=O) groups is 1. The van der Waals surface area contributed by atoms with E-state index in [0.717, 1.165) is 0 Å². The van der Waals surface area contributed by atoms with Crippen LogP contribution in [0.25, 0.3) is 0 Å². The van der Waals surface area contributed by atoms with E-state index in [1.54, 1.807) is 17.9 Å². The lowest BCUT2D eigenvalue weighted by molar-refractivity contribution is -0.119. The maximum Gasteiger partial charge on any atom is 0.230 e. The van der Waals surface area contributed by atoms with Crippen molar-refractivity contribution in [2.45, 2.75) is 17.6 Å². The fourth-order valence-electron chi connectivity index (χ4n) is 1.71. The van der Waals surface area contributed by atoms with Crippen molar-refractivity contribution >= 4 is 27.5 Å². The van der Waals surface area contributed by atoms with Crippen LogP contribution in [0.1, 0.15) is 6.42 Å². The molecule has 0 unspecified atom stereocenters. The minimum absolute atomic E-state index is 0.0490. The van der Waals surface area contributed by atoms with E-state index in [0.29, 0.717) is 11.6 Å². The van der Waals surface area contributed by atoms with Gasteiger partial charge in [0.2, 0.25) is 5.91 Å². The Kier molecular flexibility index (Phi) is 3.91. The first-order chi connectivity index (χ1) is 8.46. The maximum atomic E-state index is 11.6. The van der Waals surface area contributed by atoms with Gasteiger partial charge in [0.05, 0.1) is 17.3 Å². The molecule has 1 aromatic rings. The Hall–Kier alpha value is -1.09. The first-order valence-electron chi connectivity index (χ1n) is 5.43. The van der Waals surface area contributed by atoms with Crippen LogP contribution in [-0.2, 0) is 21.7 Å². The molecule has 1 aromatic heterocycles. The molecule has 1 amide bonds. The van der Waals surface area contributed by atoms with E-state index in [2.05, 4.69) is 15.5 Å². The van der Waals surface area contributed by atoms with Gasteiger partial charge in [-0.25, -0.2) is 8.42 Å². The third-order valence-corrected chi connectivity index (χ3v) is 5.40. The Morgan fingerprint density at radius 3 is 3.00 bits per heavy atom. The summed E-state index contributed by atoms with van der Waals surface area (Å²) in [6.45, 7) is 0. The van der Waals surface area contributed by atoms with Crippen molar-refractivity contribution in [3.8, 4) is 0 Å². The summed E-state index contributed by atoms with van der Waals surface area (Å²) in [5.41, 5.74) is 0. The van der Waals surface area contributed by atoms with Gasteiger partial charge in [-0.2, -0.15) is 0 Å². The smallest absolute Gasteiger partial charge is 0.230 e. The van der Waals surface area contributed by atoms with E-state index in [4.69, 9.17) is 0 Å². The summed E-state index contributed by atoms with van der Waals surface area (Å²) in [5, 5.41) is 10.9. The lowest BCUT2D eigenvalue weighted by Gasteiger charge is -2.09. The van der Waals surface area contributed by atoms with Gasteiger partial charge in [-0.3, -0.25) is 4.79 Å². The highest BCUT2D eigenvalue weighted by Gasteiger charge is 2.28. The Labute approximate surface area is 109 Å². The largest absolute Gasteiger partial charge is 0.352 e. The van der Waals surface area contributed by atoms with Crippen LogP contribution in [0.15, 0.2) is 11.5 Å². The van der Waals surface area contributed by atoms with Gasteiger partial charge in [-0.1, -0.05) is 11.8 Å². The number of nitrogens with zero attached hydrogens (tertiary/aromatic N) is 3. The minimum Gasteiger partial charge on any atom is -0.352 e. The maximum absolute atomic E-state index is 11.6. The van der Waals surface area contributed by atoms with Crippen LogP contribution in [-0.4, -0.2) is 52.4 Å². The highest BCUT2D eigenvalue weighted by Crippen LogP contribution is 2.14. The third-order valence-electron chi connectivity index (χ3n) is 2.60. The molecule has 1 atom stereocenters. The monoisotopic (exact) mass is 290 g/mol. The van der Waals surface area contributed by atoms with Crippen LogP contribution in [0, 0.1) is 0 Å². The van der Waals surface area contributed by atoms with E-state index in [1.807, 2.05) is 0 Å². The summed E-state index contributed by atoms with van der Waals surface area (Å²) in [6.07, 6.45) is 2.06. The summed E-state index contributed by atoms with van der Waals surface area (Å²) >= 11 is 1.27. The molecular weight excluding hydrogens is 276 g/mol. The number of amides is 1. The highest BCUT2D eigenvalue weighted by atomic mass is 32.2. The van der Waals surface area contributed by atoms with Gasteiger partial charge in [0.25, 0.3) is 0 Å². The number of rotatable bonds is 4. The van der Waals surface area contributed by atoms with Crippen LogP contribution < -0.4 is 5.32 Å². The first-order valence-corrected chi connectivity index (χ1v) is 8.23. The number of hydrogen-bond donors (Lipinski definition) is 1. The van der Waals surface area contributed by atoms with Crippen molar-refractivity contribution in [3.63, 3.8) is 0 Å². The molecule has 1 aliphatic rings. The fraction of sp³-hybridized carbons (Fsp3) is 0.667. The van der Waals surface area contributed by atoms with Gasteiger partial charge >= 0.3 is 0 Å². The van der Waals surface area contributed by atoms with E-state index in [-0.39, 0.29) is 29.2 Å². The molecule has 1 N–H and O–H groups in total. The average molecular weight is 290 g/mol. The third kappa shape index (κ3) is 3.45. The molecule has 0 aromatic carbocycles. The second kappa shape index (κ2) is 5.27. The topological polar surface area (TPSA) is 93.9 Å². The van der Waals surface area contributed by atoms with Crippen molar-refractivity contribution in [2.24, 2.45) is 7.05 Å². The zero-order valence-electron chi connectivity index (χ0n) is 9.87. The van der Waals surface area contributed by atoms with Crippen molar-refractivity contribution in [1.29, 1.82) is 0 Å². The molecule has 9 heteroatoms. The normalized spacial score (nSPS) is 21.9. The molecule has 0 saturated carbocycles. The zero-order valence-corrected chi connectivity index (χ0v) is 11.5. The van der Waals surface area contributed by atoms with Crippen LogP contribution in [0.5, 0.6) is 0 Å². The van der Waals surface area contributed by atoms with Gasteiger partial charge < -0.3 is 9.88 Å². The molecule has 100 valence electrons. The van der Waals surface area contributed by atoms with Gasteiger partial charge in [-0.05, 0) is 6.42 Å². The van der Waals surface area contributed by atoms with Gasteiger partial charge in [0, 0.05) is 13.1 Å². The standard InChI is InChI=1S/C9H14N4O3S2/c1-13-6-10-12-9(13)17-4-8(14)11-7-2-3-18(15,16)5-7/h6-7H,2-5H2,1H3,(H,11,14)/t7-/m1/s1. The second-order valence-electron chi connectivity index (χ2n) is 4.18. The molecular formula is C9H14N4O3S2. The minimum atomic E-state index is -2.95. The number of sulfone groups is 1. The lowest BCUT2D eigenvalue weighted by Crippen LogP contribution is -2.36. The summed E-state index contributed by atoms with van der Waals surface area (Å²) in [7, 11) is -1.16. The fourth-order valence-corrected chi connectivity index (χ4v) is 4.08. The molecule has 1 saturated heterocycles.